The van der Waals surface area contributed by atoms with Crippen molar-refractivity contribution >= 4 is 11.8 Å². The zero-order chi connectivity index (χ0) is 21.4. The summed E-state index contributed by atoms with van der Waals surface area (Å²) in [5.41, 5.74) is 1.68. The Morgan fingerprint density at radius 3 is 2.84 bits per heavy atom. The van der Waals surface area contributed by atoms with Crippen LogP contribution >= 0.6 is 0 Å². The summed E-state index contributed by atoms with van der Waals surface area (Å²) in [4.78, 5) is 34.7. The lowest BCUT2D eigenvalue weighted by Gasteiger charge is -2.56. The van der Waals surface area contributed by atoms with Crippen LogP contribution in [0.25, 0.3) is 0 Å². The van der Waals surface area contributed by atoms with Gasteiger partial charge in [0.2, 0.25) is 5.91 Å². The third kappa shape index (κ3) is 3.80. The summed E-state index contributed by atoms with van der Waals surface area (Å²) < 4.78 is 5.41. The van der Waals surface area contributed by atoms with Crippen LogP contribution in [-0.2, 0) is 11.2 Å². The summed E-state index contributed by atoms with van der Waals surface area (Å²) in [6.45, 7) is 1.39. The number of hydrogen-bond acceptors (Lipinski definition) is 4. The highest BCUT2D eigenvalue weighted by molar-refractivity contribution is 5.92. The lowest BCUT2D eigenvalue weighted by molar-refractivity contribution is -0.151. The SMILES string of the molecule is COc1cccc(C[C@H]2[C@H]3C[C@H](CN(C(=O)c4ccccn4)C3)[C@@H]3CCCC(=O)N32)c1. The van der Waals surface area contributed by atoms with Gasteiger partial charge in [0.05, 0.1) is 7.11 Å². The van der Waals surface area contributed by atoms with Crippen LogP contribution in [0.5, 0.6) is 5.75 Å². The average Bonchev–Trinajstić information content (AvgIpc) is 2.82. The third-order valence-corrected chi connectivity index (χ3v) is 7.25. The molecule has 0 radical (unpaired) electrons. The first-order chi connectivity index (χ1) is 15.1. The second kappa shape index (κ2) is 8.33. The number of amides is 2. The molecule has 5 rings (SSSR count). The fraction of sp³-hybridized carbons (Fsp3) is 0.480. The molecular weight excluding hydrogens is 390 g/mol. The molecule has 6 heteroatoms. The van der Waals surface area contributed by atoms with Crippen molar-refractivity contribution in [1.82, 2.24) is 14.8 Å². The van der Waals surface area contributed by atoms with Crippen molar-refractivity contribution in [1.29, 1.82) is 0 Å². The Kier molecular flexibility index (Phi) is 5.38. The first kappa shape index (κ1) is 20.0. The van der Waals surface area contributed by atoms with E-state index in [0.717, 1.165) is 31.4 Å². The number of carbonyl (C=O) groups excluding carboxylic acids is 2. The molecule has 162 valence electrons. The Hall–Kier alpha value is -2.89. The first-order valence-corrected chi connectivity index (χ1v) is 11.3. The van der Waals surface area contributed by atoms with Gasteiger partial charge in [-0.25, -0.2) is 0 Å². The zero-order valence-corrected chi connectivity index (χ0v) is 17.9. The number of ether oxygens (including phenoxy) is 1. The first-order valence-electron chi connectivity index (χ1n) is 11.3. The van der Waals surface area contributed by atoms with E-state index in [0.29, 0.717) is 31.1 Å². The third-order valence-electron chi connectivity index (χ3n) is 7.25. The normalized spacial score (nSPS) is 27.6. The van der Waals surface area contributed by atoms with Crippen molar-refractivity contribution in [2.45, 2.75) is 44.2 Å². The predicted octanol–water partition coefficient (Wildman–Crippen LogP) is 3.17. The highest BCUT2D eigenvalue weighted by atomic mass is 16.5. The summed E-state index contributed by atoms with van der Waals surface area (Å²) in [6.07, 6.45) is 6.16. The Labute approximate surface area is 183 Å². The molecule has 0 spiro atoms. The fourth-order valence-electron chi connectivity index (χ4n) is 5.90. The van der Waals surface area contributed by atoms with Gasteiger partial charge in [0.15, 0.2) is 0 Å². The quantitative estimate of drug-likeness (QED) is 0.764. The molecule has 2 aromatic rings. The minimum atomic E-state index is 0.00557. The standard InChI is InChI=1S/C25H29N3O3/c1-31-20-7-4-6-17(12-20)13-23-19-14-18(22-9-5-10-24(29)28(22)23)15-27(16-19)25(30)21-8-2-3-11-26-21/h2-4,6-8,11-12,18-19,22-23H,5,9-10,13-16H2,1H3/t18-,19+,22+,23+/m1/s1. The second-order valence-electron chi connectivity index (χ2n) is 9.06. The number of benzene rings is 1. The van der Waals surface area contributed by atoms with E-state index >= 15 is 0 Å². The molecule has 4 heterocycles. The van der Waals surface area contributed by atoms with Crippen LogP contribution in [0.15, 0.2) is 48.7 Å². The molecule has 0 saturated carbocycles. The Morgan fingerprint density at radius 2 is 2.03 bits per heavy atom. The van der Waals surface area contributed by atoms with E-state index < -0.39 is 0 Å². The summed E-state index contributed by atoms with van der Waals surface area (Å²) in [5.74, 6) is 1.74. The molecule has 4 atom stereocenters. The van der Waals surface area contributed by atoms with Gasteiger partial charge in [-0.1, -0.05) is 18.2 Å². The lowest BCUT2D eigenvalue weighted by Crippen LogP contribution is -2.66. The molecule has 2 amide bonds. The highest BCUT2D eigenvalue weighted by Crippen LogP contribution is 2.43. The van der Waals surface area contributed by atoms with Gasteiger partial charge in [0.1, 0.15) is 11.4 Å². The van der Waals surface area contributed by atoms with Crippen LogP contribution < -0.4 is 4.74 Å². The summed E-state index contributed by atoms with van der Waals surface area (Å²) in [6, 6.07) is 13.9. The maximum atomic E-state index is 13.2. The molecule has 0 aliphatic carbocycles. The molecule has 31 heavy (non-hydrogen) atoms. The minimum absolute atomic E-state index is 0.00557. The van der Waals surface area contributed by atoms with Gasteiger partial charge in [0, 0.05) is 37.8 Å². The fourth-order valence-corrected chi connectivity index (χ4v) is 5.90. The maximum Gasteiger partial charge on any atom is 0.272 e. The maximum absolute atomic E-state index is 13.2. The molecule has 1 aromatic heterocycles. The van der Waals surface area contributed by atoms with E-state index in [9.17, 15) is 9.59 Å². The second-order valence-corrected chi connectivity index (χ2v) is 9.06. The monoisotopic (exact) mass is 419 g/mol. The summed E-state index contributed by atoms with van der Waals surface area (Å²) in [5, 5.41) is 0. The van der Waals surface area contributed by atoms with Gasteiger partial charge < -0.3 is 14.5 Å². The van der Waals surface area contributed by atoms with Crippen LogP contribution in [0.1, 0.15) is 41.7 Å². The average molecular weight is 420 g/mol. The van der Waals surface area contributed by atoms with E-state index in [1.165, 1.54) is 5.56 Å². The molecule has 1 aromatic carbocycles. The number of piperidine rings is 3. The van der Waals surface area contributed by atoms with Crippen molar-refractivity contribution in [3.8, 4) is 5.75 Å². The van der Waals surface area contributed by atoms with Crippen molar-refractivity contribution in [2.75, 3.05) is 20.2 Å². The van der Waals surface area contributed by atoms with Crippen LogP contribution in [-0.4, -0.2) is 58.9 Å². The molecule has 2 bridgehead atoms. The molecule has 0 N–H and O–H groups in total. The van der Waals surface area contributed by atoms with Crippen molar-refractivity contribution in [2.24, 2.45) is 11.8 Å². The molecule has 3 saturated heterocycles. The van der Waals surface area contributed by atoms with Gasteiger partial charge in [-0.3, -0.25) is 14.6 Å². The minimum Gasteiger partial charge on any atom is -0.497 e. The lowest BCUT2D eigenvalue weighted by atomic mass is 9.70. The molecule has 3 aliphatic rings. The van der Waals surface area contributed by atoms with Crippen LogP contribution in [0, 0.1) is 11.8 Å². The summed E-state index contributed by atoms with van der Waals surface area (Å²) >= 11 is 0. The Bertz CT molecular complexity index is 963. The number of hydrogen-bond donors (Lipinski definition) is 0. The van der Waals surface area contributed by atoms with E-state index in [-0.39, 0.29) is 29.8 Å². The van der Waals surface area contributed by atoms with Crippen LogP contribution in [0.2, 0.25) is 0 Å². The van der Waals surface area contributed by atoms with Crippen LogP contribution in [0.3, 0.4) is 0 Å². The Balaban J connectivity index is 1.44. The Morgan fingerprint density at radius 1 is 1.16 bits per heavy atom. The molecule has 3 fully saturated rings. The summed E-state index contributed by atoms with van der Waals surface area (Å²) in [7, 11) is 1.68. The molecular formula is C25H29N3O3. The van der Waals surface area contributed by atoms with E-state index in [4.69, 9.17) is 4.74 Å². The van der Waals surface area contributed by atoms with Crippen molar-refractivity contribution in [3.63, 3.8) is 0 Å². The highest BCUT2D eigenvalue weighted by Gasteiger charge is 2.50. The van der Waals surface area contributed by atoms with E-state index in [1.807, 2.05) is 29.2 Å². The van der Waals surface area contributed by atoms with Gasteiger partial charge in [-0.2, -0.15) is 0 Å². The zero-order valence-electron chi connectivity index (χ0n) is 17.9. The van der Waals surface area contributed by atoms with Gasteiger partial charge >= 0.3 is 0 Å². The molecule has 6 nitrogen and oxygen atoms in total. The predicted molar refractivity (Wildman–Crippen MR) is 117 cm³/mol. The van der Waals surface area contributed by atoms with Crippen molar-refractivity contribution in [3.05, 3.63) is 59.9 Å². The number of aromatic nitrogens is 1. The van der Waals surface area contributed by atoms with E-state index in [2.05, 4.69) is 22.0 Å². The number of carbonyl (C=O) groups is 2. The van der Waals surface area contributed by atoms with Gasteiger partial charge in [-0.15, -0.1) is 0 Å². The number of likely N-dealkylation sites (tertiary alicyclic amines) is 1. The van der Waals surface area contributed by atoms with E-state index in [1.54, 1.807) is 19.4 Å². The van der Waals surface area contributed by atoms with Gasteiger partial charge in [-0.05, 0) is 67.3 Å². The van der Waals surface area contributed by atoms with Gasteiger partial charge in [0.25, 0.3) is 5.91 Å². The largest absolute Gasteiger partial charge is 0.497 e. The smallest absolute Gasteiger partial charge is 0.272 e. The number of rotatable bonds is 4. The topological polar surface area (TPSA) is 62.7 Å². The number of fused-ring (bicyclic) bond motifs is 4. The number of pyridine rings is 1. The number of methoxy groups -OCH3 is 1. The van der Waals surface area contributed by atoms with Crippen LogP contribution in [0.4, 0.5) is 0 Å². The van der Waals surface area contributed by atoms with Crippen molar-refractivity contribution < 1.29 is 14.3 Å². The number of nitrogens with zero attached hydrogens (tertiary/aromatic N) is 3. The molecule has 0 unspecified atom stereocenters. The molecule has 3 aliphatic heterocycles.